The summed E-state index contributed by atoms with van der Waals surface area (Å²) in [6.07, 6.45) is -4.56. The molecule has 8 nitrogen and oxygen atoms in total. The summed E-state index contributed by atoms with van der Waals surface area (Å²) in [5.74, 6) is -1.06. The van der Waals surface area contributed by atoms with Crippen molar-refractivity contribution in [2.24, 2.45) is 0 Å². The summed E-state index contributed by atoms with van der Waals surface area (Å²) in [6, 6.07) is 4.80. The zero-order valence-electron chi connectivity index (χ0n) is 19.2. The van der Waals surface area contributed by atoms with Gasteiger partial charge in [0.25, 0.3) is 0 Å². The number of piperazine rings is 1. The van der Waals surface area contributed by atoms with E-state index < -0.39 is 17.6 Å². The van der Waals surface area contributed by atoms with Crippen molar-refractivity contribution in [3.05, 3.63) is 29.8 Å². The molecule has 0 atom stereocenters. The minimum absolute atomic E-state index is 0.0246. The number of alkyl halides is 3. The molecule has 2 rings (SSSR count). The first kappa shape index (κ1) is 26.6. The van der Waals surface area contributed by atoms with Gasteiger partial charge in [0.1, 0.15) is 0 Å². The summed E-state index contributed by atoms with van der Waals surface area (Å²) >= 11 is 0. The Morgan fingerprint density at radius 2 is 1.73 bits per heavy atom. The fourth-order valence-electron chi connectivity index (χ4n) is 3.45. The molecule has 1 heterocycles. The highest BCUT2D eigenvalue weighted by atomic mass is 19.4. The fourth-order valence-corrected chi connectivity index (χ4v) is 3.45. The molecule has 1 aromatic rings. The van der Waals surface area contributed by atoms with Gasteiger partial charge in [-0.15, -0.1) is 0 Å². The number of nitrogens with zero attached hydrogens (tertiary/aromatic N) is 3. The van der Waals surface area contributed by atoms with Gasteiger partial charge in [-0.25, -0.2) is 0 Å². The maximum atomic E-state index is 13.1. The third-order valence-corrected chi connectivity index (χ3v) is 5.30. The van der Waals surface area contributed by atoms with E-state index in [1.165, 1.54) is 18.2 Å². The van der Waals surface area contributed by atoms with Crippen LogP contribution in [-0.4, -0.2) is 90.9 Å². The third kappa shape index (κ3) is 8.32. The summed E-state index contributed by atoms with van der Waals surface area (Å²) < 4.78 is 44.2. The van der Waals surface area contributed by atoms with Crippen molar-refractivity contribution in [1.82, 2.24) is 14.7 Å². The highest BCUT2D eigenvalue weighted by molar-refractivity contribution is 5.93. The third-order valence-electron chi connectivity index (χ3n) is 5.30. The Labute approximate surface area is 191 Å². The van der Waals surface area contributed by atoms with Gasteiger partial charge >= 0.3 is 12.1 Å². The van der Waals surface area contributed by atoms with Crippen LogP contribution in [0, 0.1) is 0 Å². The van der Waals surface area contributed by atoms with Crippen molar-refractivity contribution in [1.29, 1.82) is 0 Å². The van der Waals surface area contributed by atoms with E-state index in [9.17, 15) is 27.6 Å². The zero-order valence-corrected chi connectivity index (χ0v) is 19.2. The van der Waals surface area contributed by atoms with E-state index in [4.69, 9.17) is 4.74 Å². The van der Waals surface area contributed by atoms with E-state index >= 15 is 0 Å². The molecule has 1 fully saturated rings. The molecule has 1 saturated heterocycles. The summed E-state index contributed by atoms with van der Waals surface area (Å²) in [7, 11) is 0. The van der Waals surface area contributed by atoms with E-state index in [0.717, 1.165) is 6.07 Å². The molecule has 0 spiro atoms. The van der Waals surface area contributed by atoms with Gasteiger partial charge in [0, 0.05) is 32.2 Å². The zero-order chi connectivity index (χ0) is 24.6. The molecular formula is C22H31F3N4O4. The van der Waals surface area contributed by atoms with Crippen LogP contribution in [0.4, 0.5) is 18.9 Å². The van der Waals surface area contributed by atoms with Crippen LogP contribution in [0.3, 0.4) is 0 Å². The summed E-state index contributed by atoms with van der Waals surface area (Å²) in [5.41, 5.74) is -1.18. The second-order valence-electron chi connectivity index (χ2n) is 8.05. The first-order valence-electron chi connectivity index (χ1n) is 10.9. The Hall–Kier alpha value is -2.66. The minimum Gasteiger partial charge on any atom is -0.465 e. The van der Waals surface area contributed by atoms with Gasteiger partial charge in [-0.05, 0) is 32.9 Å². The number of nitrogens with one attached hydrogen (secondary N) is 1. The molecule has 11 heteroatoms. The molecule has 0 bridgehead atoms. The van der Waals surface area contributed by atoms with Crippen molar-refractivity contribution >= 4 is 23.5 Å². The van der Waals surface area contributed by atoms with Gasteiger partial charge in [0.05, 0.1) is 37.5 Å². The molecule has 2 amide bonds. The largest absolute Gasteiger partial charge is 0.465 e. The smallest absolute Gasteiger partial charge is 0.418 e. The standard InChI is InChI=1S/C22H31F3N4O4/c1-4-33-21(32)15-29(16(2)3)14-20(31)28-11-9-27(10-12-28)13-19(30)26-18-8-6-5-7-17(18)22(23,24)25/h5-8,16H,4,9-15H2,1-3H3,(H,26,30). The number of halogens is 3. The van der Waals surface area contributed by atoms with Crippen LogP contribution in [0.25, 0.3) is 0 Å². The van der Waals surface area contributed by atoms with E-state index in [-0.39, 0.29) is 49.8 Å². The lowest BCUT2D eigenvalue weighted by Crippen LogP contribution is -2.53. The number of carbonyl (C=O) groups is 3. The van der Waals surface area contributed by atoms with E-state index in [0.29, 0.717) is 26.2 Å². The van der Waals surface area contributed by atoms with E-state index in [2.05, 4.69) is 5.32 Å². The molecule has 33 heavy (non-hydrogen) atoms. The van der Waals surface area contributed by atoms with Gasteiger partial charge in [-0.2, -0.15) is 13.2 Å². The van der Waals surface area contributed by atoms with Crippen molar-refractivity contribution in [2.45, 2.75) is 33.0 Å². The molecule has 1 aromatic carbocycles. The SMILES string of the molecule is CCOC(=O)CN(CC(=O)N1CCN(CC(=O)Nc2ccccc2C(F)(F)F)CC1)C(C)C. The normalized spacial score (nSPS) is 15.1. The summed E-state index contributed by atoms with van der Waals surface area (Å²) in [6.45, 7) is 7.40. The van der Waals surface area contributed by atoms with Crippen molar-refractivity contribution < 1.29 is 32.3 Å². The Bertz CT molecular complexity index is 824. The quantitative estimate of drug-likeness (QED) is 0.554. The lowest BCUT2D eigenvalue weighted by molar-refractivity contribution is -0.146. The molecule has 0 unspecified atom stereocenters. The Kier molecular flexibility index (Phi) is 9.66. The monoisotopic (exact) mass is 472 g/mol. The van der Waals surface area contributed by atoms with Crippen LogP contribution in [-0.2, 0) is 25.3 Å². The fraction of sp³-hybridized carbons (Fsp3) is 0.591. The van der Waals surface area contributed by atoms with Gasteiger partial charge in [-0.1, -0.05) is 12.1 Å². The van der Waals surface area contributed by atoms with Crippen LogP contribution in [0.5, 0.6) is 0 Å². The maximum Gasteiger partial charge on any atom is 0.418 e. The number of para-hydroxylation sites is 1. The summed E-state index contributed by atoms with van der Waals surface area (Å²) in [5, 5.41) is 2.33. The van der Waals surface area contributed by atoms with Gasteiger partial charge < -0.3 is 15.0 Å². The molecule has 0 aromatic heterocycles. The summed E-state index contributed by atoms with van der Waals surface area (Å²) in [4.78, 5) is 41.9. The molecule has 0 aliphatic carbocycles. The number of ether oxygens (including phenoxy) is 1. The predicted molar refractivity (Wildman–Crippen MR) is 116 cm³/mol. The molecule has 1 aliphatic heterocycles. The number of anilines is 1. The number of benzene rings is 1. The number of hydrogen-bond donors (Lipinski definition) is 1. The number of carbonyl (C=O) groups excluding carboxylic acids is 3. The number of hydrogen-bond acceptors (Lipinski definition) is 6. The first-order valence-corrected chi connectivity index (χ1v) is 10.9. The first-order chi connectivity index (χ1) is 15.5. The molecular weight excluding hydrogens is 441 g/mol. The van der Waals surface area contributed by atoms with Crippen LogP contribution in [0.2, 0.25) is 0 Å². The number of rotatable bonds is 9. The van der Waals surface area contributed by atoms with Crippen molar-refractivity contribution in [3.63, 3.8) is 0 Å². The average Bonchev–Trinajstić information content (AvgIpc) is 2.73. The highest BCUT2D eigenvalue weighted by Gasteiger charge is 2.34. The van der Waals surface area contributed by atoms with Gasteiger partial charge in [0.15, 0.2) is 0 Å². The van der Waals surface area contributed by atoms with Gasteiger partial charge in [0.2, 0.25) is 11.8 Å². The predicted octanol–water partition coefficient (Wildman–Crippen LogP) is 2.06. The molecule has 184 valence electrons. The molecule has 1 N–H and O–H groups in total. The lowest BCUT2D eigenvalue weighted by atomic mass is 10.1. The average molecular weight is 473 g/mol. The molecule has 1 aliphatic rings. The van der Waals surface area contributed by atoms with Crippen LogP contribution >= 0.6 is 0 Å². The second-order valence-corrected chi connectivity index (χ2v) is 8.05. The lowest BCUT2D eigenvalue weighted by Gasteiger charge is -2.36. The minimum atomic E-state index is -4.56. The second kappa shape index (κ2) is 12.0. The van der Waals surface area contributed by atoms with E-state index in [1.807, 2.05) is 13.8 Å². The Morgan fingerprint density at radius 3 is 2.30 bits per heavy atom. The van der Waals surface area contributed by atoms with Crippen LogP contribution in [0.15, 0.2) is 24.3 Å². The highest BCUT2D eigenvalue weighted by Crippen LogP contribution is 2.34. The molecule has 0 saturated carbocycles. The molecule has 0 radical (unpaired) electrons. The topological polar surface area (TPSA) is 82.2 Å². The maximum absolute atomic E-state index is 13.1. The van der Waals surface area contributed by atoms with Gasteiger partial charge in [-0.3, -0.25) is 24.2 Å². The van der Waals surface area contributed by atoms with Crippen molar-refractivity contribution in [2.75, 3.05) is 57.7 Å². The number of esters is 1. The number of amides is 2. The van der Waals surface area contributed by atoms with Crippen LogP contribution < -0.4 is 5.32 Å². The Balaban J connectivity index is 1.84. The Morgan fingerprint density at radius 1 is 1.09 bits per heavy atom. The van der Waals surface area contributed by atoms with Crippen LogP contribution in [0.1, 0.15) is 26.3 Å². The van der Waals surface area contributed by atoms with Crippen molar-refractivity contribution in [3.8, 4) is 0 Å². The van der Waals surface area contributed by atoms with E-state index in [1.54, 1.807) is 21.6 Å².